The zero-order valence-corrected chi connectivity index (χ0v) is 18.2. The number of non-ortho nitro benzene ring substituents is 1. The van der Waals surface area contributed by atoms with Gasteiger partial charge in [0, 0.05) is 17.5 Å². The fraction of sp³-hybridized carbons (Fsp3) is 0.300. The Morgan fingerprint density at radius 1 is 1.13 bits per heavy atom. The van der Waals surface area contributed by atoms with Crippen LogP contribution in [0.2, 0.25) is 0 Å². The van der Waals surface area contributed by atoms with Gasteiger partial charge in [-0.25, -0.2) is 0 Å². The number of aromatic nitrogens is 2. The largest absolute Gasteiger partial charge is 0.304 e. The number of carbonyl (C=O) groups excluding carboxylic acids is 1. The van der Waals surface area contributed by atoms with Crippen molar-refractivity contribution in [2.24, 2.45) is 0 Å². The van der Waals surface area contributed by atoms with Crippen LogP contribution in [0.25, 0.3) is 10.9 Å². The first-order chi connectivity index (χ1) is 14.6. The smallest absolute Gasteiger partial charge is 0.295 e. The summed E-state index contributed by atoms with van der Waals surface area (Å²) in [5, 5.41) is 15.0. The third-order valence-corrected chi connectivity index (χ3v) is 5.60. The average molecular weight is 449 g/mol. The fourth-order valence-electron chi connectivity index (χ4n) is 2.95. The van der Waals surface area contributed by atoms with Crippen molar-refractivity contribution in [3.8, 4) is 0 Å². The van der Waals surface area contributed by atoms with E-state index in [0.29, 0.717) is 5.39 Å². The molecule has 3 rings (SSSR count). The third kappa shape index (κ3) is 5.72. The summed E-state index contributed by atoms with van der Waals surface area (Å²) in [5.74, 6) is -0.785. The van der Waals surface area contributed by atoms with Crippen LogP contribution in [0.5, 0.6) is 0 Å². The number of hydrogen-bond donors (Lipinski definition) is 1. The van der Waals surface area contributed by atoms with Gasteiger partial charge in [-0.05, 0) is 37.8 Å². The minimum absolute atomic E-state index is 0.159. The van der Waals surface area contributed by atoms with E-state index in [1.54, 1.807) is 0 Å². The van der Waals surface area contributed by atoms with Gasteiger partial charge in [0.1, 0.15) is 4.90 Å². The summed E-state index contributed by atoms with van der Waals surface area (Å²) in [5.41, 5.74) is -0.146. The van der Waals surface area contributed by atoms with Crippen LogP contribution in [0.1, 0.15) is 31.1 Å². The van der Waals surface area contributed by atoms with Crippen molar-refractivity contribution >= 4 is 32.6 Å². The lowest BCUT2D eigenvalue weighted by Gasteiger charge is -2.13. The molecule has 11 heteroatoms. The van der Waals surface area contributed by atoms with Crippen LogP contribution >= 0.6 is 0 Å². The van der Waals surface area contributed by atoms with Crippen molar-refractivity contribution in [2.45, 2.75) is 25.7 Å². The van der Waals surface area contributed by atoms with Gasteiger partial charge >= 0.3 is 0 Å². The summed E-state index contributed by atoms with van der Waals surface area (Å²) in [6.45, 7) is 10.1. The standard InChI is InChI=1S/C14H9N3O6S.C6H15N/c18-14(11-3-1-2-4-13(11)24(21,22)23)16-12-6-5-10(17(19)20)7-9(12)8-15-16;1-4-7(5-2)6-3/h1-8H,(H,21,22,23);4-6H2,1-3H3. The van der Waals surface area contributed by atoms with Crippen molar-refractivity contribution in [2.75, 3.05) is 19.6 Å². The van der Waals surface area contributed by atoms with Crippen molar-refractivity contribution in [3.63, 3.8) is 0 Å². The molecule has 10 nitrogen and oxygen atoms in total. The molecule has 0 aliphatic heterocycles. The maximum atomic E-state index is 12.6. The molecule has 0 radical (unpaired) electrons. The molecule has 2 aromatic carbocycles. The highest BCUT2D eigenvalue weighted by Gasteiger charge is 2.23. The van der Waals surface area contributed by atoms with Crippen LogP contribution in [0.3, 0.4) is 0 Å². The number of nitro benzene ring substituents is 1. The molecule has 1 heterocycles. The van der Waals surface area contributed by atoms with Crippen LogP contribution < -0.4 is 0 Å². The van der Waals surface area contributed by atoms with Crippen molar-refractivity contribution in [1.82, 2.24) is 14.7 Å². The molecule has 31 heavy (non-hydrogen) atoms. The van der Waals surface area contributed by atoms with Gasteiger partial charge in [-0.1, -0.05) is 32.9 Å². The normalized spacial score (nSPS) is 11.3. The van der Waals surface area contributed by atoms with Crippen molar-refractivity contribution < 1.29 is 22.7 Å². The SMILES string of the molecule is CCN(CC)CC.O=C(c1ccccc1S(=O)(=O)O)n1ncc2cc([N+](=O)[O-])ccc21. The Kier molecular flexibility index (Phi) is 7.97. The monoisotopic (exact) mass is 448 g/mol. The minimum atomic E-state index is -4.59. The summed E-state index contributed by atoms with van der Waals surface area (Å²) in [6.07, 6.45) is 1.26. The molecule has 0 saturated heterocycles. The van der Waals surface area contributed by atoms with Crippen molar-refractivity contribution in [1.29, 1.82) is 0 Å². The second-order valence-corrected chi connectivity index (χ2v) is 7.84. The first kappa shape index (κ1) is 24.1. The molecular formula is C20H24N4O6S. The highest BCUT2D eigenvalue weighted by molar-refractivity contribution is 7.86. The Morgan fingerprint density at radius 2 is 1.74 bits per heavy atom. The Bertz CT molecular complexity index is 1180. The van der Waals surface area contributed by atoms with Crippen LogP contribution in [0.4, 0.5) is 5.69 Å². The van der Waals surface area contributed by atoms with Gasteiger partial charge in [-0.3, -0.25) is 19.5 Å². The summed E-state index contributed by atoms with van der Waals surface area (Å²) < 4.78 is 33.0. The van der Waals surface area contributed by atoms with Crippen LogP contribution in [0, 0.1) is 10.1 Å². The lowest BCUT2D eigenvalue weighted by atomic mass is 10.2. The molecular weight excluding hydrogens is 424 g/mol. The first-order valence-corrected chi connectivity index (χ1v) is 11.0. The van der Waals surface area contributed by atoms with Gasteiger partial charge < -0.3 is 4.90 Å². The number of nitrogens with zero attached hydrogens (tertiary/aromatic N) is 4. The Hall–Kier alpha value is -3.15. The summed E-state index contributed by atoms with van der Waals surface area (Å²) in [4.78, 5) is 24.6. The van der Waals surface area contributed by atoms with Gasteiger partial charge in [0.05, 0.1) is 22.2 Å². The van der Waals surface area contributed by atoms with Gasteiger partial charge in [0.2, 0.25) is 0 Å². The number of hydrogen-bond acceptors (Lipinski definition) is 7. The minimum Gasteiger partial charge on any atom is -0.304 e. The molecule has 0 atom stereocenters. The zero-order valence-electron chi connectivity index (χ0n) is 17.4. The Morgan fingerprint density at radius 3 is 2.26 bits per heavy atom. The summed E-state index contributed by atoms with van der Waals surface area (Å²) in [6, 6.07) is 8.95. The van der Waals surface area contributed by atoms with E-state index in [1.807, 2.05) is 0 Å². The molecule has 0 saturated carbocycles. The van der Waals surface area contributed by atoms with E-state index < -0.39 is 25.8 Å². The van der Waals surface area contributed by atoms with Gasteiger partial charge in [0.25, 0.3) is 21.7 Å². The fourth-order valence-corrected chi connectivity index (χ4v) is 3.63. The summed E-state index contributed by atoms with van der Waals surface area (Å²) in [7, 11) is -4.59. The average Bonchev–Trinajstić information content (AvgIpc) is 3.17. The molecule has 166 valence electrons. The number of rotatable bonds is 6. The number of nitro groups is 1. The van der Waals surface area contributed by atoms with Gasteiger partial charge in [0.15, 0.2) is 0 Å². The molecule has 0 spiro atoms. The van der Waals surface area contributed by atoms with E-state index >= 15 is 0 Å². The van der Waals surface area contributed by atoms with E-state index in [2.05, 4.69) is 30.8 Å². The maximum absolute atomic E-state index is 12.6. The van der Waals surface area contributed by atoms with Crippen molar-refractivity contribution in [3.05, 3.63) is 64.3 Å². The van der Waals surface area contributed by atoms with E-state index in [1.165, 1.54) is 62.2 Å². The Balaban J connectivity index is 0.000000423. The first-order valence-electron chi connectivity index (χ1n) is 9.59. The predicted molar refractivity (Wildman–Crippen MR) is 116 cm³/mol. The molecule has 0 aliphatic rings. The maximum Gasteiger partial charge on any atom is 0.295 e. The molecule has 0 fully saturated rings. The lowest BCUT2D eigenvalue weighted by Crippen LogP contribution is -2.21. The topological polar surface area (TPSA) is 136 Å². The molecule has 0 bridgehead atoms. The van der Waals surface area contributed by atoms with Crippen LogP contribution in [-0.4, -0.2) is 58.1 Å². The molecule has 0 aliphatic carbocycles. The summed E-state index contributed by atoms with van der Waals surface area (Å²) >= 11 is 0. The third-order valence-electron chi connectivity index (χ3n) is 4.69. The van der Waals surface area contributed by atoms with Crippen LogP contribution in [-0.2, 0) is 10.1 Å². The van der Waals surface area contributed by atoms with Gasteiger partial charge in [-0.2, -0.15) is 18.2 Å². The molecule has 0 unspecified atom stereocenters. The predicted octanol–water partition coefficient (Wildman–Crippen LogP) is 3.23. The second kappa shape index (κ2) is 10.2. The Labute approximate surface area is 180 Å². The second-order valence-electron chi connectivity index (χ2n) is 6.45. The molecule has 0 amide bonds. The number of fused-ring (bicyclic) bond motifs is 1. The molecule has 3 aromatic rings. The van der Waals surface area contributed by atoms with E-state index in [9.17, 15) is 27.9 Å². The van der Waals surface area contributed by atoms with E-state index in [4.69, 9.17) is 0 Å². The number of carbonyl (C=O) groups is 1. The van der Waals surface area contributed by atoms with E-state index in [0.717, 1.165) is 10.7 Å². The molecule has 1 N–H and O–H groups in total. The highest BCUT2D eigenvalue weighted by Crippen LogP contribution is 2.23. The zero-order chi connectivity index (χ0) is 23.2. The van der Waals surface area contributed by atoms with Crippen LogP contribution in [0.15, 0.2) is 53.6 Å². The lowest BCUT2D eigenvalue weighted by molar-refractivity contribution is -0.384. The van der Waals surface area contributed by atoms with Gasteiger partial charge in [-0.15, -0.1) is 0 Å². The highest BCUT2D eigenvalue weighted by atomic mass is 32.2. The number of benzene rings is 2. The van der Waals surface area contributed by atoms with E-state index in [-0.39, 0.29) is 16.8 Å². The quantitative estimate of drug-likeness (QED) is 0.345. The molecule has 1 aromatic heterocycles.